The van der Waals surface area contributed by atoms with Gasteiger partial charge >= 0.3 is 6.03 Å². The number of hydrogen-bond acceptors (Lipinski definition) is 3. The maximum absolute atomic E-state index is 12.1. The van der Waals surface area contributed by atoms with Crippen LogP contribution >= 0.6 is 11.3 Å². The molecule has 3 rings (SSSR count). The minimum atomic E-state index is -0.640. The largest absolute Gasteiger partial charge is 0.383 e. The van der Waals surface area contributed by atoms with Crippen LogP contribution in [0.4, 0.5) is 10.5 Å². The van der Waals surface area contributed by atoms with Crippen LogP contribution in [-0.2, 0) is 6.54 Å². The molecule has 0 radical (unpaired) electrons. The van der Waals surface area contributed by atoms with E-state index in [0.717, 1.165) is 32.1 Å². The van der Waals surface area contributed by atoms with Crippen LogP contribution in [0.2, 0.25) is 0 Å². The van der Waals surface area contributed by atoms with Crippen molar-refractivity contribution in [1.82, 2.24) is 5.32 Å². The van der Waals surface area contributed by atoms with Crippen LogP contribution in [0.3, 0.4) is 0 Å². The Hall–Kier alpha value is -2.63. The van der Waals surface area contributed by atoms with Crippen molar-refractivity contribution in [3.63, 3.8) is 0 Å². The van der Waals surface area contributed by atoms with E-state index < -0.39 is 6.10 Å². The summed E-state index contributed by atoms with van der Waals surface area (Å²) in [6.07, 6.45) is -0.640. The van der Waals surface area contributed by atoms with Crippen molar-refractivity contribution in [2.45, 2.75) is 26.5 Å². The second-order valence-corrected chi connectivity index (χ2v) is 7.50. The van der Waals surface area contributed by atoms with Crippen molar-refractivity contribution in [2.24, 2.45) is 0 Å². The van der Waals surface area contributed by atoms with Gasteiger partial charge in [0, 0.05) is 15.4 Å². The molecule has 2 amide bonds. The molecule has 3 N–H and O–H groups in total. The average Bonchev–Trinajstić information content (AvgIpc) is 3.08. The average molecular weight is 366 g/mol. The SMILES string of the molecule is Cc1cc(C)cc(NC(=O)NCc2ccc(C(O)c3ccccc3)s2)c1. The second kappa shape index (κ2) is 8.17. The summed E-state index contributed by atoms with van der Waals surface area (Å²) in [5.41, 5.74) is 3.86. The van der Waals surface area contributed by atoms with Gasteiger partial charge in [0.15, 0.2) is 0 Å². The van der Waals surface area contributed by atoms with Crippen molar-refractivity contribution >= 4 is 23.1 Å². The summed E-state index contributed by atoms with van der Waals surface area (Å²) in [4.78, 5) is 14.0. The molecule has 2 aromatic carbocycles. The van der Waals surface area contributed by atoms with Gasteiger partial charge < -0.3 is 15.7 Å². The number of benzene rings is 2. The van der Waals surface area contributed by atoms with Crippen LogP contribution in [-0.4, -0.2) is 11.1 Å². The molecular weight excluding hydrogens is 344 g/mol. The molecule has 1 aromatic heterocycles. The zero-order valence-electron chi connectivity index (χ0n) is 14.8. The van der Waals surface area contributed by atoms with E-state index in [2.05, 4.69) is 16.7 Å². The number of aryl methyl sites for hydroxylation is 2. The zero-order valence-corrected chi connectivity index (χ0v) is 15.6. The Morgan fingerprint density at radius 2 is 1.73 bits per heavy atom. The van der Waals surface area contributed by atoms with Gasteiger partial charge in [0.25, 0.3) is 0 Å². The Morgan fingerprint density at radius 1 is 1.04 bits per heavy atom. The number of hydrogen-bond donors (Lipinski definition) is 3. The Labute approximate surface area is 157 Å². The van der Waals surface area contributed by atoms with Crippen molar-refractivity contribution in [1.29, 1.82) is 0 Å². The van der Waals surface area contributed by atoms with Gasteiger partial charge in [-0.15, -0.1) is 11.3 Å². The Morgan fingerprint density at radius 3 is 2.42 bits per heavy atom. The zero-order chi connectivity index (χ0) is 18.5. The van der Waals surface area contributed by atoms with E-state index in [0.29, 0.717) is 6.54 Å². The Bertz CT molecular complexity index is 870. The Balaban J connectivity index is 1.57. The minimum Gasteiger partial charge on any atom is -0.383 e. The first kappa shape index (κ1) is 18.2. The third-order valence-electron chi connectivity index (χ3n) is 3.97. The molecule has 0 saturated carbocycles. The Kier molecular flexibility index (Phi) is 5.71. The van der Waals surface area contributed by atoms with Crippen LogP contribution in [0, 0.1) is 13.8 Å². The normalized spacial score (nSPS) is 11.8. The predicted molar refractivity (Wildman–Crippen MR) is 107 cm³/mol. The van der Waals surface area contributed by atoms with Crippen molar-refractivity contribution in [3.8, 4) is 0 Å². The third-order valence-corrected chi connectivity index (χ3v) is 5.11. The molecule has 0 bridgehead atoms. The highest BCUT2D eigenvalue weighted by Gasteiger charge is 2.13. The third kappa shape index (κ3) is 4.71. The maximum Gasteiger partial charge on any atom is 0.319 e. The van der Waals surface area contributed by atoms with Gasteiger partial charge in [0.2, 0.25) is 0 Å². The van der Waals surface area contributed by atoms with Crippen LogP contribution in [0.25, 0.3) is 0 Å². The number of aliphatic hydroxyl groups is 1. The lowest BCUT2D eigenvalue weighted by Gasteiger charge is -2.09. The van der Waals surface area contributed by atoms with Crippen LogP contribution in [0.5, 0.6) is 0 Å². The first-order valence-corrected chi connectivity index (χ1v) is 9.27. The molecule has 1 unspecified atom stereocenters. The van der Waals surface area contributed by atoms with Gasteiger partial charge in [-0.3, -0.25) is 0 Å². The number of urea groups is 1. The van der Waals surface area contributed by atoms with E-state index in [-0.39, 0.29) is 6.03 Å². The van der Waals surface area contributed by atoms with Gasteiger partial charge in [-0.05, 0) is 54.8 Å². The molecule has 0 saturated heterocycles. The molecule has 0 fully saturated rings. The molecule has 5 heteroatoms. The standard InChI is InChI=1S/C21H22N2O2S/c1-14-10-15(2)12-17(11-14)23-21(25)22-13-18-8-9-19(26-18)20(24)16-6-4-3-5-7-16/h3-12,20,24H,13H2,1-2H3,(H2,22,23,25). The fourth-order valence-corrected chi connectivity index (χ4v) is 3.79. The van der Waals surface area contributed by atoms with E-state index in [1.807, 2.05) is 68.4 Å². The van der Waals surface area contributed by atoms with Crippen LogP contribution in [0.15, 0.2) is 60.7 Å². The fraction of sp³-hybridized carbons (Fsp3) is 0.190. The summed E-state index contributed by atoms with van der Waals surface area (Å²) in [5.74, 6) is 0. The van der Waals surface area contributed by atoms with E-state index in [4.69, 9.17) is 0 Å². The molecule has 0 aliphatic heterocycles. The lowest BCUT2D eigenvalue weighted by atomic mass is 10.1. The molecule has 134 valence electrons. The summed E-state index contributed by atoms with van der Waals surface area (Å²) in [6.45, 7) is 4.42. The first-order valence-electron chi connectivity index (χ1n) is 8.46. The molecule has 26 heavy (non-hydrogen) atoms. The van der Waals surface area contributed by atoms with Gasteiger partial charge in [-0.1, -0.05) is 36.4 Å². The summed E-state index contributed by atoms with van der Waals surface area (Å²) in [7, 11) is 0. The first-order chi connectivity index (χ1) is 12.5. The number of amides is 2. The highest BCUT2D eigenvalue weighted by molar-refractivity contribution is 7.12. The number of anilines is 1. The molecule has 0 aliphatic carbocycles. The topological polar surface area (TPSA) is 61.4 Å². The molecule has 0 aliphatic rings. The summed E-state index contributed by atoms with van der Waals surface area (Å²) in [6, 6.07) is 19.1. The summed E-state index contributed by atoms with van der Waals surface area (Å²) >= 11 is 1.50. The van der Waals surface area contributed by atoms with E-state index in [1.165, 1.54) is 11.3 Å². The van der Waals surface area contributed by atoms with E-state index in [1.54, 1.807) is 0 Å². The molecule has 0 spiro atoms. The van der Waals surface area contributed by atoms with Crippen LogP contribution < -0.4 is 10.6 Å². The van der Waals surface area contributed by atoms with Gasteiger partial charge in [0.05, 0.1) is 6.54 Å². The van der Waals surface area contributed by atoms with Gasteiger partial charge in [-0.25, -0.2) is 4.79 Å². The number of nitrogens with one attached hydrogen (secondary N) is 2. The maximum atomic E-state index is 12.1. The molecule has 4 nitrogen and oxygen atoms in total. The van der Waals surface area contributed by atoms with Gasteiger partial charge in [-0.2, -0.15) is 0 Å². The molecule has 1 atom stereocenters. The summed E-state index contributed by atoms with van der Waals surface area (Å²) < 4.78 is 0. The van der Waals surface area contributed by atoms with E-state index >= 15 is 0 Å². The monoisotopic (exact) mass is 366 g/mol. The van der Waals surface area contributed by atoms with Crippen molar-refractivity contribution in [3.05, 3.63) is 87.1 Å². The molecule has 3 aromatic rings. The molecular formula is C21H22N2O2S. The highest BCUT2D eigenvalue weighted by Crippen LogP contribution is 2.28. The second-order valence-electron chi connectivity index (χ2n) is 6.30. The number of aliphatic hydroxyl groups excluding tert-OH is 1. The fourth-order valence-electron chi connectivity index (χ4n) is 2.83. The van der Waals surface area contributed by atoms with Crippen molar-refractivity contribution < 1.29 is 9.90 Å². The molecule has 1 heterocycles. The number of carbonyl (C=O) groups is 1. The lowest BCUT2D eigenvalue weighted by molar-refractivity contribution is 0.224. The number of carbonyl (C=O) groups excluding carboxylic acids is 1. The highest BCUT2D eigenvalue weighted by atomic mass is 32.1. The van der Waals surface area contributed by atoms with E-state index in [9.17, 15) is 9.90 Å². The quantitative estimate of drug-likeness (QED) is 0.609. The van der Waals surface area contributed by atoms with Crippen LogP contribution in [0.1, 0.15) is 32.5 Å². The summed E-state index contributed by atoms with van der Waals surface area (Å²) in [5, 5.41) is 16.2. The predicted octanol–water partition coefficient (Wildman–Crippen LogP) is 4.77. The van der Waals surface area contributed by atoms with Gasteiger partial charge in [0.1, 0.15) is 6.10 Å². The number of rotatable bonds is 5. The van der Waals surface area contributed by atoms with Crippen molar-refractivity contribution in [2.75, 3.05) is 5.32 Å². The smallest absolute Gasteiger partial charge is 0.319 e. The lowest BCUT2D eigenvalue weighted by Crippen LogP contribution is -2.27. The number of thiophene rings is 1. The minimum absolute atomic E-state index is 0.242.